The normalized spacial score (nSPS) is 16.5. The number of hydrogen-bond acceptors (Lipinski definition) is 5. The van der Waals surface area contributed by atoms with Crippen LogP contribution in [0.4, 0.5) is 4.79 Å². The fourth-order valence-corrected chi connectivity index (χ4v) is 5.93. The van der Waals surface area contributed by atoms with Gasteiger partial charge in [-0.2, -0.15) is 4.31 Å². The molecule has 1 saturated heterocycles. The third-order valence-electron chi connectivity index (χ3n) is 4.63. The van der Waals surface area contributed by atoms with Crippen molar-refractivity contribution >= 4 is 27.4 Å². The summed E-state index contributed by atoms with van der Waals surface area (Å²) in [5, 5.41) is 5.71. The van der Waals surface area contributed by atoms with E-state index in [0.29, 0.717) is 30.5 Å². The molecule has 1 aromatic heterocycles. The summed E-state index contributed by atoms with van der Waals surface area (Å²) in [6.45, 7) is 5.78. The zero-order valence-corrected chi connectivity index (χ0v) is 17.6. The highest BCUT2D eigenvalue weighted by Gasteiger charge is 2.27. The average Bonchev–Trinajstić information content (AvgIpc) is 3.17. The SMILES string of the molecule is Cc1ccccc1[C@@H](C)NC(=O)NCc1ccc(S(=O)(=O)N2CCOCC2)s1. The second-order valence-electron chi connectivity index (χ2n) is 6.64. The maximum atomic E-state index is 12.7. The standard InChI is InChI=1S/C19H25N3O4S2/c1-14-5-3-4-6-17(14)15(2)21-19(23)20-13-16-7-8-18(27-16)28(24,25)22-9-11-26-12-10-22/h3-8,15H,9-13H2,1-2H3,(H2,20,21,23)/t15-/m1/s1. The predicted octanol–water partition coefficient (Wildman–Crippen LogP) is 2.64. The van der Waals surface area contributed by atoms with Crippen molar-refractivity contribution in [2.24, 2.45) is 0 Å². The number of rotatable bonds is 6. The molecule has 1 aliphatic heterocycles. The first kappa shape index (κ1) is 20.8. The van der Waals surface area contributed by atoms with Crippen molar-refractivity contribution in [1.29, 1.82) is 0 Å². The van der Waals surface area contributed by atoms with Crippen LogP contribution in [0.3, 0.4) is 0 Å². The molecule has 152 valence electrons. The van der Waals surface area contributed by atoms with Crippen LogP contribution in [0.5, 0.6) is 0 Å². The van der Waals surface area contributed by atoms with E-state index in [4.69, 9.17) is 4.74 Å². The van der Waals surface area contributed by atoms with Crippen LogP contribution in [0.25, 0.3) is 0 Å². The van der Waals surface area contributed by atoms with Gasteiger partial charge in [0.25, 0.3) is 10.0 Å². The summed E-state index contributed by atoms with van der Waals surface area (Å²) >= 11 is 1.18. The van der Waals surface area contributed by atoms with Crippen LogP contribution in [0.2, 0.25) is 0 Å². The molecule has 2 heterocycles. The predicted molar refractivity (Wildman–Crippen MR) is 109 cm³/mol. The molecule has 0 bridgehead atoms. The van der Waals surface area contributed by atoms with Gasteiger partial charge in [0.1, 0.15) is 4.21 Å². The van der Waals surface area contributed by atoms with Crippen LogP contribution in [-0.2, 0) is 21.3 Å². The van der Waals surface area contributed by atoms with Crippen LogP contribution >= 0.6 is 11.3 Å². The average molecular weight is 424 g/mol. The Morgan fingerprint density at radius 2 is 1.93 bits per heavy atom. The van der Waals surface area contributed by atoms with Gasteiger partial charge in [-0.05, 0) is 37.1 Å². The quantitative estimate of drug-likeness (QED) is 0.748. The van der Waals surface area contributed by atoms with Crippen molar-refractivity contribution in [1.82, 2.24) is 14.9 Å². The Hall–Kier alpha value is -1.94. The molecule has 0 unspecified atom stereocenters. The van der Waals surface area contributed by atoms with Crippen LogP contribution in [0.15, 0.2) is 40.6 Å². The molecule has 2 aromatic rings. The number of carbonyl (C=O) groups excluding carboxylic acids is 1. The lowest BCUT2D eigenvalue weighted by molar-refractivity contribution is 0.0731. The summed E-state index contributed by atoms with van der Waals surface area (Å²) in [6.07, 6.45) is 0. The van der Waals surface area contributed by atoms with Gasteiger partial charge in [0.15, 0.2) is 0 Å². The lowest BCUT2D eigenvalue weighted by Crippen LogP contribution is -2.40. The highest BCUT2D eigenvalue weighted by Crippen LogP contribution is 2.25. The highest BCUT2D eigenvalue weighted by atomic mass is 32.2. The van der Waals surface area contributed by atoms with E-state index in [1.54, 1.807) is 12.1 Å². The summed E-state index contributed by atoms with van der Waals surface area (Å²) in [4.78, 5) is 13.0. The number of carbonyl (C=O) groups is 1. The van der Waals surface area contributed by atoms with Crippen molar-refractivity contribution in [3.8, 4) is 0 Å². The number of benzene rings is 1. The van der Waals surface area contributed by atoms with Gasteiger partial charge in [-0.3, -0.25) is 0 Å². The molecule has 0 aliphatic carbocycles. The monoisotopic (exact) mass is 423 g/mol. The third kappa shape index (κ3) is 4.91. The summed E-state index contributed by atoms with van der Waals surface area (Å²) in [5.41, 5.74) is 2.18. The first-order chi connectivity index (χ1) is 13.4. The van der Waals surface area contributed by atoms with E-state index in [1.165, 1.54) is 15.6 Å². The molecule has 7 nitrogen and oxygen atoms in total. The number of amides is 2. The van der Waals surface area contributed by atoms with E-state index in [9.17, 15) is 13.2 Å². The maximum Gasteiger partial charge on any atom is 0.315 e. The number of ether oxygens (including phenoxy) is 1. The van der Waals surface area contributed by atoms with Gasteiger partial charge < -0.3 is 15.4 Å². The van der Waals surface area contributed by atoms with E-state index in [1.807, 2.05) is 38.1 Å². The number of thiophene rings is 1. The first-order valence-electron chi connectivity index (χ1n) is 9.14. The minimum atomic E-state index is -3.50. The van der Waals surface area contributed by atoms with Gasteiger partial charge in [-0.25, -0.2) is 13.2 Å². The number of nitrogens with one attached hydrogen (secondary N) is 2. The van der Waals surface area contributed by atoms with Crippen molar-refractivity contribution < 1.29 is 17.9 Å². The highest BCUT2D eigenvalue weighted by molar-refractivity contribution is 7.91. The van der Waals surface area contributed by atoms with Gasteiger partial charge in [0.2, 0.25) is 0 Å². The number of hydrogen-bond donors (Lipinski definition) is 2. The van der Waals surface area contributed by atoms with E-state index < -0.39 is 10.0 Å². The molecular formula is C19H25N3O4S2. The Morgan fingerprint density at radius 3 is 2.64 bits per heavy atom. The second kappa shape index (κ2) is 9.04. The molecule has 3 rings (SSSR count). The van der Waals surface area contributed by atoms with Gasteiger partial charge in [0, 0.05) is 18.0 Å². The molecule has 0 spiro atoms. The minimum absolute atomic E-state index is 0.123. The van der Waals surface area contributed by atoms with Crippen LogP contribution < -0.4 is 10.6 Å². The van der Waals surface area contributed by atoms with Gasteiger partial charge >= 0.3 is 6.03 Å². The number of nitrogens with zero attached hydrogens (tertiary/aromatic N) is 1. The number of aryl methyl sites for hydroxylation is 1. The second-order valence-corrected chi connectivity index (χ2v) is 9.98. The van der Waals surface area contributed by atoms with Gasteiger partial charge in [-0.15, -0.1) is 11.3 Å². The third-order valence-corrected chi connectivity index (χ3v) is 8.08. The summed E-state index contributed by atoms with van der Waals surface area (Å²) in [7, 11) is -3.50. The Labute approximate surface area is 169 Å². The molecule has 1 atom stereocenters. The number of urea groups is 1. The Bertz CT molecular complexity index is 921. The Kier molecular flexibility index (Phi) is 6.71. The molecule has 28 heavy (non-hydrogen) atoms. The Balaban J connectivity index is 1.55. The van der Waals surface area contributed by atoms with Crippen molar-refractivity contribution in [3.63, 3.8) is 0 Å². The van der Waals surface area contributed by atoms with Crippen molar-refractivity contribution in [2.75, 3.05) is 26.3 Å². The summed E-state index contributed by atoms with van der Waals surface area (Å²) in [5.74, 6) is 0. The van der Waals surface area contributed by atoms with Crippen LogP contribution in [0, 0.1) is 6.92 Å². The molecule has 0 radical (unpaired) electrons. The zero-order valence-electron chi connectivity index (χ0n) is 16.0. The number of sulfonamides is 1. The molecule has 0 saturated carbocycles. The molecule has 2 amide bonds. The molecular weight excluding hydrogens is 398 g/mol. The molecule has 1 aromatic carbocycles. The van der Waals surface area contributed by atoms with Gasteiger partial charge in [0.05, 0.1) is 25.8 Å². The first-order valence-corrected chi connectivity index (χ1v) is 11.4. The lowest BCUT2D eigenvalue weighted by Gasteiger charge is -2.25. The molecule has 2 N–H and O–H groups in total. The lowest BCUT2D eigenvalue weighted by atomic mass is 10.0. The minimum Gasteiger partial charge on any atom is -0.379 e. The van der Waals surface area contributed by atoms with Gasteiger partial charge in [-0.1, -0.05) is 24.3 Å². The van der Waals surface area contributed by atoms with E-state index in [2.05, 4.69) is 10.6 Å². The molecule has 1 fully saturated rings. The smallest absolute Gasteiger partial charge is 0.315 e. The Morgan fingerprint density at radius 1 is 1.21 bits per heavy atom. The zero-order chi connectivity index (χ0) is 20.1. The number of morpholine rings is 1. The van der Waals surface area contributed by atoms with Crippen LogP contribution in [-0.4, -0.2) is 45.1 Å². The largest absolute Gasteiger partial charge is 0.379 e. The summed E-state index contributed by atoms with van der Waals surface area (Å²) < 4.78 is 32.3. The van der Waals surface area contributed by atoms with Crippen LogP contribution in [0.1, 0.15) is 29.0 Å². The molecule has 1 aliphatic rings. The maximum absolute atomic E-state index is 12.7. The summed E-state index contributed by atoms with van der Waals surface area (Å²) in [6, 6.07) is 10.8. The topological polar surface area (TPSA) is 87.7 Å². The van der Waals surface area contributed by atoms with E-state index >= 15 is 0 Å². The fraction of sp³-hybridized carbons (Fsp3) is 0.421. The van der Waals surface area contributed by atoms with E-state index in [0.717, 1.165) is 16.0 Å². The van der Waals surface area contributed by atoms with Crippen molar-refractivity contribution in [2.45, 2.75) is 30.6 Å². The van der Waals surface area contributed by atoms with Crippen molar-refractivity contribution in [3.05, 3.63) is 52.4 Å². The fourth-order valence-electron chi connectivity index (χ4n) is 3.07. The molecule has 9 heteroatoms. The van der Waals surface area contributed by atoms with E-state index in [-0.39, 0.29) is 18.6 Å².